The summed E-state index contributed by atoms with van der Waals surface area (Å²) in [6.07, 6.45) is 0.858. The lowest BCUT2D eigenvalue weighted by Gasteiger charge is -2.44. The molecule has 1 heterocycles. The third kappa shape index (κ3) is 4.66. The Bertz CT molecular complexity index is 474. The van der Waals surface area contributed by atoms with Crippen LogP contribution in [-0.2, 0) is 11.2 Å². The molecule has 2 unspecified atom stereocenters. The molecule has 5 heteroatoms. The van der Waals surface area contributed by atoms with Crippen LogP contribution in [0, 0.1) is 5.82 Å². The van der Waals surface area contributed by atoms with Gasteiger partial charge in [-0.15, -0.1) is 0 Å². The summed E-state index contributed by atoms with van der Waals surface area (Å²) in [5.41, 5.74) is 1.02. The minimum absolute atomic E-state index is 0.275. The van der Waals surface area contributed by atoms with Gasteiger partial charge in [0.1, 0.15) is 5.82 Å². The van der Waals surface area contributed by atoms with Gasteiger partial charge in [-0.3, -0.25) is 9.80 Å². The normalized spacial score (nSPS) is 23.9. The summed E-state index contributed by atoms with van der Waals surface area (Å²) in [6, 6.07) is 5.70. The van der Waals surface area contributed by atoms with Crippen molar-refractivity contribution in [1.29, 1.82) is 0 Å². The number of hydrogen-bond donors (Lipinski definition) is 0. The Hall–Kier alpha value is -0.680. The van der Waals surface area contributed by atoms with Gasteiger partial charge in [0.15, 0.2) is 0 Å². The van der Waals surface area contributed by atoms with E-state index in [1.807, 2.05) is 0 Å². The molecule has 0 amide bonds. The first kappa shape index (κ1) is 17.7. The van der Waals surface area contributed by atoms with E-state index in [0.717, 1.165) is 44.8 Å². The van der Waals surface area contributed by atoms with Gasteiger partial charge in [0.25, 0.3) is 0 Å². The molecule has 0 saturated carbocycles. The van der Waals surface area contributed by atoms with E-state index < -0.39 is 0 Å². The van der Waals surface area contributed by atoms with Gasteiger partial charge in [-0.05, 0) is 38.0 Å². The van der Waals surface area contributed by atoms with Crippen LogP contribution in [0.25, 0.3) is 0 Å². The number of halogens is 2. The Kier molecular flexibility index (Phi) is 6.63. The van der Waals surface area contributed by atoms with E-state index >= 15 is 0 Å². The summed E-state index contributed by atoms with van der Waals surface area (Å²) < 4.78 is 18.3. The van der Waals surface area contributed by atoms with Crippen LogP contribution >= 0.6 is 11.6 Å². The second-order valence-electron chi connectivity index (χ2n) is 6.17. The highest BCUT2D eigenvalue weighted by atomic mass is 35.5. The van der Waals surface area contributed by atoms with E-state index in [-0.39, 0.29) is 5.82 Å². The Balaban J connectivity index is 1.87. The molecule has 2 atom stereocenters. The van der Waals surface area contributed by atoms with E-state index in [2.05, 4.69) is 23.6 Å². The predicted octanol–water partition coefficient (Wildman–Crippen LogP) is 3.06. The quantitative estimate of drug-likeness (QED) is 0.798. The first-order valence-corrected chi connectivity index (χ1v) is 8.30. The van der Waals surface area contributed by atoms with Crippen molar-refractivity contribution in [2.45, 2.75) is 32.4 Å². The van der Waals surface area contributed by atoms with Gasteiger partial charge in [0, 0.05) is 50.4 Å². The second-order valence-corrected chi connectivity index (χ2v) is 6.58. The Labute approximate surface area is 138 Å². The maximum Gasteiger partial charge on any atom is 0.124 e. The van der Waals surface area contributed by atoms with Crippen molar-refractivity contribution < 1.29 is 9.13 Å². The summed E-state index contributed by atoms with van der Waals surface area (Å²) in [5.74, 6) is -0.275. The molecule has 1 aliphatic heterocycles. The van der Waals surface area contributed by atoms with Gasteiger partial charge < -0.3 is 4.74 Å². The molecule has 1 aromatic rings. The minimum atomic E-state index is -0.275. The van der Waals surface area contributed by atoms with E-state index in [1.54, 1.807) is 13.2 Å². The summed E-state index contributed by atoms with van der Waals surface area (Å²) in [6.45, 7) is 9.35. The fraction of sp³-hybridized carbons (Fsp3) is 0.647. The average molecular weight is 329 g/mol. The van der Waals surface area contributed by atoms with Crippen LogP contribution in [0.15, 0.2) is 18.2 Å². The molecule has 1 fully saturated rings. The molecular formula is C17H26ClFN2O. The molecule has 22 heavy (non-hydrogen) atoms. The molecule has 1 saturated heterocycles. The third-order valence-corrected chi connectivity index (χ3v) is 4.80. The van der Waals surface area contributed by atoms with Crippen molar-refractivity contribution in [3.8, 4) is 0 Å². The smallest absolute Gasteiger partial charge is 0.124 e. The predicted molar refractivity (Wildman–Crippen MR) is 89.1 cm³/mol. The van der Waals surface area contributed by atoms with Crippen molar-refractivity contribution in [2.75, 3.05) is 39.9 Å². The first-order valence-electron chi connectivity index (χ1n) is 7.92. The van der Waals surface area contributed by atoms with Crippen LogP contribution < -0.4 is 0 Å². The molecule has 0 radical (unpaired) electrons. The number of ether oxygens (including phenoxy) is 1. The SMILES string of the molecule is COCCN1C(C)CN(CCc2ccc(F)cc2Cl)CC1C. The summed E-state index contributed by atoms with van der Waals surface area (Å²) >= 11 is 6.10. The summed E-state index contributed by atoms with van der Waals surface area (Å²) in [7, 11) is 1.75. The summed E-state index contributed by atoms with van der Waals surface area (Å²) in [5, 5.41) is 0.528. The molecule has 0 bridgehead atoms. The third-order valence-electron chi connectivity index (χ3n) is 4.44. The first-order chi connectivity index (χ1) is 10.5. The zero-order valence-corrected chi connectivity index (χ0v) is 14.4. The van der Waals surface area contributed by atoms with E-state index in [0.29, 0.717) is 17.1 Å². The standard InChI is InChI=1S/C17H26ClFN2O/c1-13-11-20(12-14(2)21(13)8-9-22-3)7-6-15-4-5-16(19)10-17(15)18/h4-5,10,13-14H,6-9,11-12H2,1-3H3. The molecule has 1 aliphatic rings. The fourth-order valence-electron chi connectivity index (χ4n) is 3.29. The number of hydrogen-bond acceptors (Lipinski definition) is 3. The van der Waals surface area contributed by atoms with Crippen LogP contribution in [0.3, 0.4) is 0 Å². The highest BCUT2D eigenvalue weighted by Crippen LogP contribution is 2.20. The maximum atomic E-state index is 13.1. The van der Waals surface area contributed by atoms with Crippen LogP contribution in [0.5, 0.6) is 0 Å². The van der Waals surface area contributed by atoms with Crippen molar-refractivity contribution in [3.63, 3.8) is 0 Å². The van der Waals surface area contributed by atoms with E-state index in [9.17, 15) is 4.39 Å². The molecule has 2 rings (SSSR count). The van der Waals surface area contributed by atoms with Gasteiger partial charge in [0.05, 0.1) is 6.61 Å². The van der Waals surface area contributed by atoms with Crippen LogP contribution in [-0.4, -0.2) is 61.8 Å². The van der Waals surface area contributed by atoms with Gasteiger partial charge in [-0.25, -0.2) is 4.39 Å². The van der Waals surface area contributed by atoms with Crippen molar-refractivity contribution in [2.24, 2.45) is 0 Å². The Morgan fingerprint density at radius 2 is 1.91 bits per heavy atom. The lowest BCUT2D eigenvalue weighted by atomic mass is 10.1. The highest BCUT2D eigenvalue weighted by molar-refractivity contribution is 6.31. The monoisotopic (exact) mass is 328 g/mol. The fourth-order valence-corrected chi connectivity index (χ4v) is 3.55. The van der Waals surface area contributed by atoms with Crippen molar-refractivity contribution >= 4 is 11.6 Å². The molecule has 124 valence electrons. The molecule has 0 spiro atoms. The number of piperazine rings is 1. The average Bonchev–Trinajstić information content (AvgIpc) is 2.45. The van der Waals surface area contributed by atoms with Crippen molar-refractivity contribution in [1.82, 2.24) is 9.80 Å². The van der Waals surface area contributed by atoms with Crippen LogP contribution in [0.1, 0.15) is 19.4 Å². The van der Waals surface area contributed by atoms with Crippen LogP contribution in [0.2, 0.25) is 5.02 Å². The molecule has 3 nitrogen and oxygen atoms in total. The highest BCUT2D eigenvalue weighted by Gasteiger charge is 2.28. The molecular weight excluding hydrogens is 303 g/mol. The van der Waals surface area contributed by atoms with Crippen LogP contribution in [0.4, 0.5) is 4.39 Å². The van der Waals surface area contributed by atoms with E-state index in [1.165, 1.54) is 12.1 Å². The molecule has 0 aromatic heterocycles. The molecule has 0 N–H and O–H groups in total. The molecule has 0 aliphatic carbocycles. The topological polar surface area (TPSA) is 15.7 Å². The number of nitrogens with zero attached hydrogens (tertiary/aromatic N) is 2. The van der Waals surface area contributed by atoms with E-state index in [4.69, 9.17) is 16.3 Å². The number of benzene rings is 1. The second kappa shape index (κ2) is 8.25. The van der Waals surface area contributed by atoms with Gasteiger partial charge in [0.2, 0.25) is 0 Å². The Morgan fingerprint density at radius 3 is 2.50 bits per heavy atom. The lowest BCUT2D eigenvalue weighted by molar-refractivity contribution is 0.0215. The van der Waals surface area contributed by atoms with Gasteiger partial charge >= 0.3 is 0 Å². The summed E-state index contributed by atoms with van der Waals surface area (Å²) in [4.78, 5) is 4.98. The molecule has 1 aromatic carbocycles. The number of methoxy groups -OCH3 is 1. The largest absolute Gasteiger partial charge is 0.383 e. The number of rotatable bonds is 6. The zero-order chi connectivity index (χ0) is 16.1. The van der Waals surface area contributed by atoms with Gasteiger partial charge in [-0.2, -0.15) is 0 Å². The lowest BCUT2D eigenvalue weighted by Crippen LogP contribution is -2.57. The maximum absolute atomic E-state index is 13.1. The zero-order valence-electron chi connectivity index (χ0n) is 13.7. The Morgan fingerprint density at radius 1 is 1.23 bits per heavy atom. The van der Waals surface area contributed by atoms with Gasteiger partial charge in [-0.1, -0.05) is 17.7 Å². The minimum Gasteiger partial charge on any atom is -0.383 e. The van der Waals surface area contributed by atoms with Crippen molar-refractivity contribution in [3.05, 3.63) is 34.6 Å².